The zero-order chi connectivity index (χ0) is 20.3. The molecule has 0 saturated carbocycles. The maximum Gasteiger partial charge on any atom is 0.261 e. The molecule has 3 aromatic heterocycles. The van der Waals surface area contributed by atoms with Gasteiger partial charge >= 0.3 is 0 Å². The third-order valence-electron chi connectivity index (χ3n) is 5.18. The summed E-state index contributed by atoms with van der Waals surface area (Å²) in [4.78, 5) is 22.1. The van der Waals surface area contributed by atoms with E-state index in [0.29, 0.717) is 39.9 Å². The highest BCUT2D eigenvalue weighted by atomic mass is 35.5. The maximum absolute atomic E-state index is 12.8. The molecule has 146 valence electrons. The molecule has 1 aliphatic rings. The molecule has 0 radical (unpaired) electrons. The lowest BCUT2D eigenvalue weighted by molar-refractivity contribution is 0.546. The van der Waals surface area contributed by atoms with E-state index < -0.39 is 0 Å². The molecule has 1 aromatic carbocycles. The van der Waals surface area contributed by atoms with Crippen LogP contribution >= 0.6 is 23.2 Å². The minimum Gasteiger partial charge on any atom is -0.292 e. The average Bonchev–Trinajstić information content (AvgIpc) is 3.26. The molecule has 5 rings (SSSR count). The molecule has 0 saturated heterocycles. The van der Waals surface area contributed by atoms with Gasteiger partial charge in [-0.1, -0.05) is 23.2 Å². The summed E-state index contributed by atoms with van der Waals surface area (Å²) in [5.74, 6) is 0.652. The minimum atomic E-state index is -0.0528. The van der Waals surface area contributed by atoms with E-state index in [1.54, 1.807) is 29.0 Å². The molecule has 1 aliphatic heterocycles. The van der Waals surface area contributed by atoms with Crippen molar-refractivity contribution in [2.45, 2.75) is 32.9 Å². The van der Waals surface area contributed by atoms with Crippen molar-refractivity contribution in [1.29, 1.82) is 0 Å². The maximum atomic E-state index is 12.8. The summed E-state index contributed by atoms with van der Waals surface area (Å²) in [5, 5.41) is 6.85. The van der Waals surface area contributed by atoms with Crippen molar-refractivity contribution >= 4 is 56.8 Å². The summed E-state index contributed by atoms with van der Waals surface area (Å²) < 4.78 is 3.55. The van der Waals surface area contributed by atoms with Crippen molar-refractivity contribution in [3.05, 3.63) is 62.4 Å². The Bertz CT molecular complexity index is 1380. The van der Waals surface area contributed by atoms with Gasteiger partial charge in [-0.25, -0.2) is 14.6 Å². The first kappa shape index (κ1) is 18.3. The molecule has 0 aliphatic carbocycles. The van der Waals surface area contributed by atoms with Gasteiger partial charge in [0.15, 0.2) is 5.65 Å². The lowest BCUT2D eigenvalue weighted by Gasteiger charge is -2.08. The third-order valence-corrected chi connectivity index (χ3v) is 5.72. The van der Waals surface area contributed by atoms with Crippen LogP contribution < -0.4 is 5.56 Å². The molecule has 29 heavy (non-hydrogen) atoms. The molecule has 0 N–H and O–H groups in total. The number of hydrogen-bond donors (Lipinski definition) is 0. The second kappa shape index (κ2) is 6.68. The van der Waals surface area contributed by atoms with Crippen LogP contribution in [0.5, 0.6) is 0 Å². The summed E-state index contributed by atoms with van der Waals surface area (Å²) in [6, 6.07) is 7.32. The fourth-order valence-corrected chi connectivity index (χ4v) is 4.12. The van der Waals surface area contributed by atoms with E-state index in [4.69, 9.17) is 28.2 Å². The van der Waals surface area contributed by atoms with E-state index in [1.807, 2.05) is 30.7 Å². The molecule has 6 nitrogen and oxygen atoms in total. The first-order valence-electron chi connectivity index (χ1n) is 9.37. The van der Waals surface area contributed by atoms with E-state index in [9.17, 15) is 4.79 Å². The highest BCUT2D eigenvalue weighted by molar-refractivity contribution is 6.31. The number of allylic oxidation sites excluding steroid dienone is 1. The van der Waals surface area contributed by atoms with E-state index in [0.717, 1.165) is 22.2 Å². The van der Waals surface area contributed by atoms with Crippen LogP contribution in [0, 0.1) is 0 Å². The Morgan fingerprint density at radius 3 is 2.79 bits per heavy atom. The van der Waals surface area contributed by atoms with Crippen molar-refractivity contribution in [1.82, 2.24) is 24.3 Å². The molecule has 8 heteroatoms. The van der Waals surface area contributed by atoms with Gasteiger partial charge in [-0.15, -0.1) is 0 Å². The third kappa shape index (κ3) is 2.94. The van der Waals surface area contributed by atoms with Crippen molar-refractivity contribution in [3.63, 3.8) is 0 Å². The van der Waals surface area contributed by atoms with Gasteiger partial charge in [0.05, 0.1) is 17.1 Å². The van der Waals surface area contributed by atoms with Gasteiger partial charge in [0, 0.05) is 28.6 Å². The Hall–Kier alpha value is -2.70. The van der Waals surface area contributed by atoms with Crippen molar-refractivity contribution in [3.8, 4) is 0 Å². The molecular formula is C21H17Cl2N5O. The predicted octanol–water partition coefficient (Wildman–Crippen LogP) is 4.97. The first-order chi connectivity index (χ1) is 13.9. The van der Waals surface area contributed by atoms with Gasteiger partial charge in [0.1, 0.15) is 11.0 Å². The zero-order valence-electron chi connectivity index (χ0n) is 15.9. The summed E-state index contributed by atoms with van der Waals surface area (Å²) in [6.45, 7) is 4.69. The smallest absolute Gasteiger partial charge is 0.261 e. The Morgan fingerprint density at radius 2 is 2.00 bits per heavy atom. The number of hydrogen-bond acceptors (Lipinski definition) is 4. The summed E-state index contributed by atoms with van der Waals surface area (Å²) in [7, 11) is 0. The highest BCUT2D eigenvalue weighted by Gasteiger charge is 2.22. The Labute approximate surface area is 176 Å². The lowest BCUT2D eigenvalue weighted by atomic mass is 10.1. The highest BCUT2D eigenvalue weighted by Crippen LogP contribution is 2.31. The minimum absolute atomic E-state index is 0.0528. The van der Waals surface area contributed by atoms with Crippen LogP contribution in [-0.4, -0.2) is 24.3 Å². The molecule has 0 spiro atoms. The number of benzene rings is 1. The van der Waals surface area contributed by atoms with Crippen molar-refractivity contribution in [2.75, 3.05) is 0 Å². The topological polar surface area (TPSA) is 65.6 Å². The first-order valence-corrected chi connectivity index (χ1v) is 10.1. The van der Waals surface area contributed by atoms with Crippen LogP contribution in [0.1, 0.15) is 37.7 Å². The summed E-state index contributed by atoms with van der Waals surface area (Å²) >= 11 is 12.6. The van der Waals surface area contributed by atoms with E-state index in [1.165, 1.54) is 0 Å². The second-order valence-electron chi connectivity index (χ2n) is 7.44. The normalized spacial score (nSPS) is 15.1. The number of nitrogens with zero attached hydrogens (tertiary/aromatic N) is 5. The molecule has 0 amide bonds. The van der Waals surface area contributed by atoms with Crippen LogP contribution in [0.2, 0.25) is 10.2 Å². The summed E-state index contributed by atoms with van der Waals surface area (Å²) in [6.07, 6.45) is 4.45. The molecular weight excluding hydrogens is 409 g/mol. The largest absolute Gasteiger partial charge is 0.292 e. The lowest BCUT2D eigenvalue weighted by Crippen LogP contribution is -2.20. The molecule has 0 unspecified atom stereocenters. The van der Waals surface area contributed by atoms with Crippen LogP contribution in [0.3, 0.4) is 0 Å². The molecule has 4 heterocycles. The van der Waals surface area contributed by atoms with Gasteiger partial charge in [0.2, 0.25) is 0 Å². The van der Waals surface area contributed by atoms with E-state index >= 15 is 0 Å². The van der Waals surface area contributed by atoms with Gasteiger partial charge in [-0.3, -0.25) is 9.36 Å². The zero-order valence-corrected chi connectivity index (χ0v) is 17.4. The van der Waals surface area contributed by atoms with Gasteiger partial charge in [-0.2, -0.15) is 5.10 Å². The SMILES string of the molecule is CC(C)n1ncc2cc(/C=C3\CCn4c3nc3cc(Cl)ccc3c4=O)c(Cl)nc21. The summed E-state index contributed by atoms with van der Waals surface area (Å²) in [5.41, 5.74) is 3.03. The van der Waals surface area contributed by atoms with Gasteiger partial charge in [0.25, 0.3) is 5.56 Å². The van der Waals surface area contributed by atoms with Crippen molar-refractivity contribution in [2.24, 2.45) is 0 Å². The number of fused-ring (bicyclic) bond motifs is 3. The Kier molecular flexibility index (Phi) is 4.22. The van der Waals surface area contributed by atoms with Crippen LogP contribution in [0.15, 0.2) is 35.3 Å². The standard InChI is InChI=1S/C21H17Cl2N5O/c1-11(2)28-20-14(10-24-28)8-13(18(23)26-20)7-12-5-6-27-19(12)25-17-9-15(22)3-4-16(17)21(27)29/h3-4,7-11H,5-6H2,1-2H3/b12-7+. The molecule has 4 aromatic rings. The number of halogens is 2. The van der Waals surface area contributed by atoms with Crippen LogP contribution in [0.25, 0.3) is 33.6 Å². The molecule has 0 atom stereocenters. The average molecular weight is 426 g/mol. The monoisotopic (exact) mass is 425 g/mol. The fraction of sp³-hybridized carbons (Fsp3) is 0.238. The van der Waals surface area contributed by atoms with Crippen LogP contribution in [-0.2, 0) is 6.54 Å². The Balaban J connectivity index is 1.66. The molecule has 0 bridgehead atoms. The van der Waals surface area contributed by atoms with E-state index in [2.05, 4.69) is 10.1 Å². The van der Waals surface area contributed by atoms with E-state index in [-0.39, 0.29) is 11.6 Å². The predicted molar refractivity (Wildman–Crippen MR) is 116 cm³/mol. The number of pyridine rings is 1. The number of rotatable bonds is 2. The second-order valence-corrected chi connectivity index (χ2v) is 8.23. The fourth-order valence-electron chi connectivity index (χ4n) is 3.77. The molecule has 0 fully saturated rings. The van der Waals surface area contributed by atoms with Crippen LogP contribution in [0.4, 0.5) is 0 Å². The quantitative estimate of drug-likeness (QED) is 0.425. The van der Waals surface area contributed by atoms with Gasteiger partial charge in [-0.05, 0) is 56.2 Å². The Morgan fingerprint density at radius 1 is 1.17 bits per heavy atom. The number of aromatic nitrogens is 5. The van der Waals surface area contributed by atoms with Gasteiger partial charge < -0.3 is 0 Å². The van der Waals surface area contributed by atoms with Crippen molar-refractivity contribution < 1.29 is 0 Å².